The van der Waals surface area contributed by atoms with Gasteiger partial charge in [0.15, 0.2) is 0 Å². The fourth-order valence-corrected chi connectivity index (χ4v) is 2.95. The number of thioether (sulfide) groups is 1. The average molecular weight is 219 g/mol. The predicted octanol–water partition coefficient (Wildman–Crippen LogP) is 1.12. The number of hydrogen-bond acceptors (Lipinski definition) is 4. The number of methoxy groups -OCH3 is 1. The van der Waals surface area contributed by atoms with Crippen molar-refractivity contribution < 1.29 is 9.47 Å². The number of hydrogen-bond donors (Lipinski definition) is 1. The van der Waals surface area contributed by atoms with E-state index >= 15 is 0 Å². The molecule has 1 fully saturated rings. The van der Waals surface area contributed by atoms with Crippen LogP contribution in [0.25, 0.3) is 0 Å². The van der Waals surface area contributed by atoms with Crippen molar-refractivity contribution in [1.29, 1.82) is 0 Å². The minimum Gasteiger partial charge on any atom is -0.385 e. The zero-order valence-electron chi connectivity index (χ0n) is 8.91. The van der Waals surface area contributed by atoms with Gasteiger partial charge in [0.25, 0.3) is 0 Å². The lowest BCUT2D eigenvalue weighted by molar-refractivity contribution is 0.0943. The molecule has 1 aliphatic rings. The van der Waals surface area contributed by atoms with Gasteiger partial charge in [-0.15, -0.1) is 0 Å². The van der Waals surface area contributed by atoms with Crippen LogP contribution in [0.1, 0.15) is 12.8 Å². The molecule has 1 heterocycles. The van der Waals surface area contributed by atoms with E-state index in [9.17, 15) is 0 Å². The highest BCUT2D eigenvalue weighted by Crippen LogP contribution is 2.25. The number of rotatable bonds is 7. The van der Waals surface area contributed by atoms with Crippen molar-refractivity contribution in [2.45, 2.75) is 18.9 Å². The Balaban J connectivity index is 1.88. The van der Waals surface area contributed by atoms with Gasteiger partial charge in [-0.1, -0.05) is 0 Å². The molecular formula is C10H21NO2S. The highest BCUT2D eigenvalue weighted by molar-refractivity contribution is 7.99. The first-order valence-corrected chi connectivity index (χ1v) is 6.40. The Hall–Kier alpha value is 0.230. The molecule has 0 aromatic carbocycles. The maximum absolute atomic E-state index is 5.95. The van der Waals surface area contributed by atoms with Crippen LogP contribution >= 0.6 is 11.8 Å². The standard InChI is InChI=1S/C10H21NO2S/c1-12-4-2-5-13-6-3-9-7-14-8-10(9)11/h9-10H,2-8,11H2,1H3. The first-order valence-electron chi connectivity index (χ1n) is 5.24. The van der Waals surface area contributed by atoms with Gasteiger partial charge in [-0.3, -0.25) is 0 Å². The van der Waals surface area contributed by atoms with Crippen LogP contribution in [0.5, 0.6) is 0 Å². The summed E-state index contributed by atoms with van der Waals surface area (Å²) in [5.74, 6) is 3.00. The predicted molar refractivity (Wildman–Crippen MR) is 60.7 cm³/mol. The molecule has 0 saturated carbocycles. The van der Waals surface area contributed by atoms with Gasteiger partial charge >= 0.3 is 0 Å². The van der Waals surface area contributed by atoms with Crippen molar-refractivity contribution in [1.82, 2.24) is 0 Å². The van der Waals surface area contributed by atoms with Crippen LogP contribution in [0.3, 0.4) is 0 Å². The van der Waals surface area contributed by atoms with Crippen molar-refractivity contribution in [3.05, 3.63) is 0 Å². The molecule has 1 aliphatic heterocycles. The molecule has 0 bridgehead atoms. The zero-order chi connectivity index (χ0) is 10.2. The Morgan fingerprint density at radius 3 is 2.79 bits per heavy atom. The molecule has 0 radical (unpaired) electrons. The SMILES string of the molecule is COCCCOCCC1CSCC1N. The summed E-state index contributed by atoms with van der Waals surface area (Å²) < 4.78 is 10.4. The maximum Gasteiger partial charge on any atom is 0.0487 e. The normalized spacial score (nSPS) is 27.0. The Kier molecular flexibility index (Phi) is 6.60. The largest absolute Gasteiger partial charge is 0.385 e. The topological polar surface area (TPSA) is 44.5 Å². The summed E-state index contributed by atoms with van der Waals surface area (Å²) in [4.78, 5) is 0. The van der Waals surface area contributed by atoms with Crippen molar-refractivity contribution in [3.63, 3.8) is 0 Å². The van der Waals surface area contributed by atoms with E-state index in [0.29, 0.717) is 12.0 Å². The Bertz CT molecular complexity index is 146. The summed E-state index contributed by atoms with van der Waals surface area (Å²) in [6.45, 7) is 2.45. The molecule has 0 aliphatic carbocycles. The van der Waals surface area contributed by atoms with Gasteiger partial charge in [0.05, 0.1) is 0 Å². The lowest BCUT2D eigenvalue weighted by Gasteiger charge is -2.13. The lowest BCUT2D eigenvalue weighted by atomic mass is 10.0. The Labute approximate surface area is 90.7 Å². The molecule has 0 aromatic heterocycles. The van der Waals surface area contributed by atoms with E-state index in [1.165, 1.54) is 5.75 Å². The van der Waals surface area contributed by atoms with E-state index < -0.39 is 0 Å². The van der Waals surface area contributed by atoms with E-state index in [0.717, 1.165) is 38.4 Å². The van der Waals surface area contributed by atoms with Crippen LogP contribution in [0, 0.1) is 5.92 Å². The lowest BCUT2D eigenvalue weighted by Crippen LogP contribution is -2.29. The van der Waals surface area contributed by atoms with Crippen LogP contribution in [-0.2, 0) is 9.47 Å². The molecule has 3 nitrogen and oxygen atoms in total. The summed E-state index contributed by atoms with van der Waals surface area (Å²) in [6, 6.07) is 0.391. The van der Waals surface area contributed by atoms with Crippen molar-refractivity contribution >= 4 is 11.8 Å². The molecule has 14 heavy (non-hydrogen) atoms. The van der Waals surface area contributed by atoms with Gasteiger partial charge in [0.1, 0.15) is 0 Å². The van der Waals surface area contributed by atoms with Crippen LogP contribution < -0.4 is 5.73 Å². The van der Waals surface area contributed by atoms with E-state index in [1.54, 1.807) is 7.11 Å². The van der Waals surface area contributed by atoms with Gasteiger partial charge in [-0.05, 0) is 24.5 Å². The molecule has 0 aromatic rings. The van der Waals surface area contributed by atoms with Crippen molar-refractivity contribution in [3.8, 4) is 0 Å². The summed E-state index contributed by atoms with van der Waals surface area (Å²) in [5.41, 5.74) is 5.95. The quantitative estimate of drug-likeness (QED) is 0.652. The first kappa shape index (κ1) is 12.3. The molecule has 1 rings (SSSR count). The zero-order valence-corrected chi connectivity index (χ0v) is 9.72. The fraction of sp³-hybridized carbons (Fsp3) is 1.00. The number of ether oxygens (including phenoxy) is 2. The van der Waals surface area contributed by atoms with Gasteiger partial charge in [-0.2, -0.15) is 11.8 Å². The van der Waals surface area contributed by atoms with Crippen LogP contribution in [0.15, 0.2) is 0 Å². The highest BCUT2D eigenvalue weighted by atomic mass is 32.2. The second-order valence-electron chi connectivity index (χ2n) is 3.71. The fourth-order valence-electron chi connectivity index (χ4n) is 1.55. The Morgan fingerprint density at radius 1 is 1.29 bits per heavy atom. The van der Waals surface area contributed by atoms with Gasteiger partial charge < -0.3 is 15.2 Å². The monoisotopic (exact) mass is 219 g/mol. The minimum atomic E-state index is 0.391. The van der Waals surface area contributed by atoms with Crippen LogP contribution in [0.2, 0.25) is 0 Å². The van der Waals surface area contributed by atoms with Gasteiger partial charge in [-0.25, -0.2) is 0 Å². The molecule has 2 atom stereocenters. The highest BCUT2D eigenvalue weighted by Gasteiger charge is 2.23. The second kappa shape index (κ2) is 7.51. The summed E-state index contributed by atoms with van der Waals surface area (Å²) in [7, 11) is 1.72. The van der Waals surface area contributed by atoms with E-state index in [1.807, 2.05) is 11.8 Å². The van der Waals surface area contributed by atoms with Crippen LogP contribution in [0.4, 0.5) is 0 Å². The molecule has 2 N–H and O–H groups in total. The molecule has 0 amide bonds. The molecule has 1 saturated heterocycles. The Morgan fingerprint density at radius 2 is 2.14 bits per heavy atom. The van der Waals surface area contributed by atoms with Gasteiger partial charge in [0.2, 0.25) is 0 Å². The molecule has 0 spiro atoms. The summed E-state index contributed by atoms with van der Waals surface area (Å²) in [6.07, 6.45) is 2.10. The third-order valence-electron chi connectivity index (χ3n) is 2.52. The van der Waals surface area contributed by atoms with Crippen molar-refractivity contribution in [2.24, 2.45) is 11.7 Å². The van der Waals surface area contributed by atoms with Crippen LogP contribution in [-0.4, -0.2) is 44.5 Å². The van der Waals surface area contributed by atoms with E-state index in [4.69, 9.17) is 15.2 Å². The van der Waals surface area contributed by atoms with E-state index in [-0.39, 0.29) is 0 Å². The molecule has 4 heteroatoms. The first-order chi connectivity index (χ1) is 6.84. The summed E-state index contributed by atoms with van der Waals surface area (Å²) >= 11 is 1.96. The van der Waals surface area contributed by atoms with Crippen molar-refractivity contribution in [2.75, 3.05) is 38.4 Å². The van der Waals surface area contributed by atoms with Gasteiger partial charge in [0, 0.05) is 38.7 Å². The third kappa shape index (κ3) is 4.64. The van der Waals surface area contributed by atoms with E-state index in [2.05, 4.69) is 0 Å². The average Bonchev–Trinajstić information content (AvgIpc) is 2.58. The molecule has 2 unspecified atom stereocenters. The smallest absolute Gasteiger partial charge is 0.0487 e. The maximum atomic E-state index is 5.95. The second-order valence-corrected chi connectivity index (χ2v) is 4.78. The minimum absolute atomic E-state index is 0.391. The molecule has 84 valence electrons. The third-order valence-corrected chi connectivity index (χ3v) is 3.80. The molecular weight excluding hydrogens is 198 g/mol. The number of nitrogens with two attached hydrogens (primary N) is 1. The summed E-state index contributed by atoms with van der Waals surface area (Å²) in [5, 5.41) is 0.